The summed E-state index contributed by atoms with van der Waals surface area (Å²) in [5, 5.41) is 2.73. The predicted molar refractivity (Wildman–Crippen MR) is 158 cm³/mol. The lowest BCUT2D eigenvalue weighted by Crippen LogP contribution is -2.29. The van der Waals surface area contributed by atoms with Gasteiger partial charge in [0.15, 0.2) is 12.7 Å². The average molecular weight is 641 g/mol. The van der Waals surface area contributed by atoms with E-state index in [0.29, 0.717) is 28.6 Å². The highest BCUT2D eigenvalue weighted by Crippen LogP contribution is 2.19. The molecule has 43 heavy (non-hydrogen) atoms. The number of hydrogen-bond acceptors (Lipinski definition) is 13. The van der Waals surface area contributed by atoms with Gasteiger partial charge >= 0.3 is 17.9 Å². The fourth-order valence-corrected chi connectivity index (χ4v) is 5.18. The number of methoxy groups -OCH3 is 1. The Labute approximate surface area is 254 Å². The first-order valence-corrected chi connectivity index (χ1v) is 15.8. The summed E-state index contributed by atoms with van der Waals surface area (Å²) in [4.78, 5) is 56.1. The maximum absolute atomic E-state index is 12.7. The molecule has 14 nitrogen and oxygen atoms in total. The molecule has 0 saturated heterocycles. The third kappa shape index (κ3) is 13.0. The van der Waals surface area contributed by atoms with E-state index in [4.69, 9.17) is 18.9 Å². The van der Waals surface area contributed by atoms with E-state index in [1.165, 1.54) is 50.1 Å². The number of aromatic nitrogens is 2. The number of nitrogens with zero attached hydrogens (tertiary/aromatic N) is 2. The number of nitrogens with one attached hydrogen (secondary N) is 2. The van der Waals surface area contributed by atoms with Gasteiger partial charge in [-0.3, -0.25) is 9.59 Å². The first kappa shape index (κ1) is 35.4. The molecule has 2 atom stereocenters. The van der Waals surface area contributed by atoms with Crippen molar-refractivity contribution >= 4 is 57.2 Å². The van der Waals surface area contributed by atoms with Crippen LogP contribution in [0.1, 0.15) is 31.7 Å². The molecule has 0 aliphatic rings. The molecule has 2 N–H and O–H groups in total. The second-order valence-corrected chi connectivity index (χ2v) is 12.1. The summed E-state index contributed by atoms with van der Waals surface area (Å²) in [6.45, 7) is 6.13. The SMILES string of the molecule is COCCOC(=O)COC(=O)C(C)OC(=O)CCSCC(C)C(=O)Nc1ccc(S(=O)(=O)Nc2nc(C)cc(C)n2)cc1. The van der Waals surface area contributed by atoms with Crippen molar-refractivity contribution in [3.05, 3.63) is 41.7 Å². The van der Waals surface area contributed by atoms with Crippen LogP contribution in [0.2, 0.25) is 0 Å². The van der Waals surface area contributed by atoms with E-state index in [-0.39, 0.29) is 36.4 Å². The lowest BCUT2D eigenvalue weighted by atomic mass is 10.2. The molecule has 0 fully saturated rings. The molecule has 2 aromatic rings. The number of carbonyl (C=O) groups excluding carboxylic acids is 4. The van der Waals surface area contributed by atoms with Crippen LogP contribution in [-0.2, 0) is 48.1 Å². The standard InChI is InChI=1S/C27H36N4O10S2/c1-17(16-42-13-10-23(32)41-20(4)26(35)40-15-24(33)39-12-11-38-5)25(34)30-21-6-8-22(9-7-21)43(36,37)31-27-28-18(2)14-19(3)29-27/h6-9,14,17,20H,10-13,15-16H2,1-5H3,(H,30,34)(H,28,29,31). The van der Waals surface area contributed by atoms with Crippen molar-refractivity contribution in [1.82, 2.24) is 9.97 Å². The maximum Gasteiger partial charge on any atom is 0.347 e. The van der Waals surface area contributed by atoms with E-state index in [2.05, 4.69) is 20.0 Å². The summed E-state index contributed by atoms with van der Waals surface area (Å²) in [5.41, 5.74) is 1.66. The van der Waals surface area contributed by atoms with Crippen LogP contribution < -0.4 is 10.0 Å². The Morgan fingerprint density at radius 3 is 2.23 bits per heavy atom. The number of carbonyl (C=O) groups is 4. The number of thioether (sulfide) groups is 1. The molecule has 16 heteroatoms. The van der Waals surface area contributed by atoms with Crippen molar-refractivity contribution in [2.45, 2.75) is 45.1 Å². The number of amides is 1. The molecular weight excluding hydrogens is 604 g/mol. The molecule has 1 heterocycles. The van der Waals surface area contributed by atoms with Crippen LogP contribution in [0, 0.1) is 19.8 Å². The van der Waals surface area contributed by atoms with Crippen LogP contribution in [0.5, 0.6) is 0 Å². The Kier molecular flexibility index (Phi) is 14.3. The average Bonchev–Trinajstić information content (AvgIpc) is 2.93. The highest BCUT2D eigenvalue weighted by Gasteiger charge is 2.21. The molecule has 0 radical (unpaired) electrons. The molecule has 1 amide bonds. The number of benzene rings is 1. The van der Waals surface area contributed by atoms with Gasteiger partial charge < -0.3 is 24.3 Å². The lowest BCUT2D eigenvalue weighted by molar-refractivity contribution is -0.171. The Balaban J connectivity index is 1.71. The number of ether oxygens (including phenoxy) is 4. The summed E-state index contributed by atoms with van der Waals surface area (Å²) < 4.78 is 47.0. The minimum atomic E-state index is -3.93. The molecule has 236 valence electrons. The van der Waals surface area contributed by atoms with Gasteiger partial charge in [-0.15, -0.1) is 0 Å². The minimum Gasteiger partial charge on any atom is -0.461 e. The van der Waals surface area contributed by atoms with E-state index in [1.54, 1.807) is 26.8 Å². The first-order chi connectivity index (χ1) is 20.3. The zero-order valence-electron chi connectivity index (χ0n) is 24.6. The highest BCUT2D eigenvalue weighted by molar-refractivity contribution is 7.99. The van der Waals surface area contributed by atoms with E-state index < -0.39 is 46.6 Å². The lowest BCUT2D eigenvalue weighted by Gasteiger charge is -2.14. The second kappa shape index (κ2) is 17.4. The third-order valence-corrected chi connectivity index (χ3v) is 8.00. The highest BCUT2D eigenvalue weighted by atomic mass is 32.2. The number of anilines is 2. The van der Waals surface area contributed by atoms with Crippen LogP contribution >= 0.6 is 11.8 Å². The van der Waals surface area contributed by atoms with Crippen molar-refractivity contribution in [1.29, 1.82) is 0 Å². The fourth-order valence-electron chi connectivity index (χ4n) is 3.26. The van der Waals surface area contributed by atoms with E-state index >= 15 is 0 Å². The first-order valence-electron chi connectivity index (χ1n) is 13.1. The van der Waals surface area contributed by atoms with Gasteiger partial charge in [-0.25, -0.2) is 32.7 Å². The smallest absolute Gasteiger partial charge is 0.347 e. The van der Waals surface area contributed by atoms with Gasteiger partial charge in [-0.2, -0.15) is 11.8 Å². The van der Waals surface area contributed by atoms with Crippen molar-refractivity contribution < 1.29 is 46.5 Å². The van der Waals surface area contributed by atoms with Crippen molar-refractivity contribution in [3.8, 4) is 0 Å². The molecule has 2 unspecified atom stereocenters. The monoisotopic (exact) mass is 640 g/mol. The number of sulfonamides is 1. The molecule has 0 spiro atoms. The molecule has 0 aliphatic carbocycles. The van der Waals surface area contributed by atoms with E-state index in [1.807, 2.05) is 0 Å². The van der Waals surface area contributed by atoms with Crippen LogP contribution in [0.4, 0.5) is 11.6 Å². The summed E-state index contributed by atoms with van der Waals surface area (Å²) in [6.07, 6.45) is -1.21. The summed E-state index contributed by atoms with van der Waals surface area (Å²) in [5.74, 6) is -2.27. The van der Waals surface area contributed by atoms with Crippen LogP contribution in [-0.4, -0.2) is 86.7 Å². The Morgan fingerprint density at radius 2 is 1.60 bits per heavy atom. The van der Waals surface area contributed by atoms with Gasteiger partial charge in [0.25, 0.3) is 10.0 Å². The molecule has 2 rings (SSSR count). The topological polar surface area (TPSA) is 189 Å². The number of aryl methyl sites for hydroxylation is 2. The van der Waals surface area contributed by atoms with Crippen molar-refractivity contribution in [3.63, 3.8) is 0 Å². The van der Waals surface area contributed by atoms with Crippen molar-refractivity contribution in [2.24, 2.45) is 5.92 Å². The Morgan fingerprint density at radius 1 is 0.953 bits per heavy atom. The van der Waals surface area contributed by atoms with Crippen LogP contribution in [0.25, 0.3) is 0 Å². The molecule has 1 aromatic heterocycles. The summed E-state index contributed by atoms with van der Waals surface area (Å²) in [7, 11) is -2.48. The molecule has 0 saturated carbocycles. The van der Waals surface area contributed by atoms with Crippen LogP contribution in [0.15, 0.2) is 35.2 Å². The van der Waals surface area contributed by atoms with Gasteiger partial charge in [0, 0.05) is 41.6 Å². The number of esters is 3. The third-order valence-electron chi connectivity index (χ3n) is 5.43. The zero-order valence-corrected chi connectivity index (χ0v) is 26.2. The predicted octanol–water partition coefficient (Wildman–Crippen LogP) is 2.26. The largest absolute Gasteiger partial charge is 0.461 e. The summed E-state index contributed by atoms with van der Waals surface area (Å²) in [6, 6.07) is 7.39. The van der Waals surface area contributed by atoms with Gasteiger partial charge in [0.2, 0.25) is 11.9 Å². The summed E-state index contributed by atoms with van der Waals surface area (Å²) >= 11 is 1.35. The number of rotatable bonds is 17. The van der Waals surface area contributed by atoms with Crippen LogP contribution in [0.3, 0.4) is 0 Å². The normalized spacial score (nSPS) is 12.5. The maximum atomic E-state index is 12.7. The molecule has 1 aromatic carbocycles. The minimum absolute atomic E-state index is 0.00713. The molecular formula is C27H36N4O10S2. The number of hydrogen-bond donors (Lipinski definition) is 2. The zero-order chi connectivity index (χ0) is 32.0. The van der Waals surface area contributed by atoms with E-state index in [0.717, 1.165) is 0 Å². The Hall–Kier alpha value is -3.76. The van der Waals surface area contributed by atoms with Gasteiger partial charge in [0.1, 0.15) is 6.61 Å². The van der Waals surface area contributed by atoms with Gasteiger partial charge in [-0.1, -0.05) is 6.92 Å². The van der Waals surface area contributed by atoms with Gasteiger partial charge in [-0.05, 0) is 51.1 Å². The Bertz CT molecular complexity index is 1350. The molecule has 0 bridgehead atoms. The van der Waals surface area contributed by atoms with Gasteiger partial charge in [0.05, 0.1) is 17.9 Å². The van der Waals surface area contributed by atoms with E-state index in [9.17, 15) is 27.6 Å². The quantitative estimate of drug-likeness (QED) is 0.146. The fraction of sp³-hybridized carbons (Fsp3) is 0.481. The second-order valence-electron chi connectivity index (χ2n) is 9.27. The van der Waals surface area contributed by atoms with Crippen molar-refractivity contribution in [2.75, 3.05) is 48.5 Å². The molecule has 0 aliphatic heterocycles.